The number of rotatable bonds is 9. The average molecular weight is 473 g/mol. The molecule has 0 aromatic heterocycles. The molecule has 0 aliphatic rings. The summed E-state index contributed by atoms with van der Waals surface area (Å²) in [6.45, 7) is -1.43. The minimum absolute atomic E-state index is 0.0183. The van der Waals surface area contributed by atoms with E-state index in [0.29, 0.717) is 0 Å². The molecule has 0 aliphatic heterocycles. The van der Waals surface area contributed by atoms with Crippen molar-refractivity contribution in [3.8, 4) is 5.75 Å². The molecule has 3 aromatic carbocycles. The third-order valence-electron chi connectivity index (χ3n) is 4.47. The first-order valence-electron chi connectivity index (χ1n) is 9.46. The maximum Gasteiger partial charge on any atom is 0.321 e. The zero-order valence-corrected chi connectivity index (χ0v) is 18.1. The fourth-order valence-corrected chi connectivity index (χ4v) is 3.87. The number of nitrogens with zero attached hydrogens (tertiary/aromatic N) is 1. The first-order valence-corrected chi connectivity index (χ1v) is 10.9. The van der Waals surface area contributed by atoms with Crippen LogP contribution in [-0.2, 0) is 24.3 Å². The Morgan fingerprint density at radius 2 is 1.76 bits per heavy atom. The van der Waals surface area contributed by atoms with Gasteiger partial charge in [0.15, 0.2) is 6.61 Å². The molecule has 0 fully saturated rings. The van der Waals surface area contributed by atoms with E-state index in [9.17, 15) is 28.1 Å². The van der Waals surface area contributed by atoms with Crippen LogP contribution in [0.25, 0.3) is 10.8 Å². The van der Waals surface area contributed by atoms with Crippen molar-refractivity contribution in [2.45, 2.75) is 4.90 Å². The Kier molecular flexibility index (Phi) is 7.20. The molecule has 0 heterocycles. The zero-order valence-electron chi connectivity index (χ0n) is 17.3. The summed E-state index contributed by atoms with van der Waals surface area (Å²) in [6.07, 6.45) is 0. The van der Waals surface area contributed by atoms with E-state index in [1.54, 1.807) is 18.2 Å². The van der Waals surface area contributed by atoms with E-state index in [2.05, 4.69) is 10.0 Å². The SMILES string of the molecule is COc1ccc([N+](=O)[O-])cc1NC(=O)COC(=O)CNS(=O)(=O)c1ccc2ccccc2c1. The van der Waals surface area contributed by atoms with Crippen LogP contribution in [0.1, 0.15) is 0 Å². The van der Waals surface area contributed by atoms with Crippen molar-refractivity contribution in [2.24, 2.45) is 0 Å². The third kappa shape index (κ3) is 6.02. The Balaban J connectivity index is 1.55. The number of non-ortho nitro benzene ring substituents is 1. The Labute approximate surface area is 188 Å². The number of nitrogens with one attached hydrogen (secondary N) is 2. The number of benzene rings is 3. The van der Waals surface area contributed by atoms with Gasteiger partial charge in [-0.25, -0.2) is 8.42 Å². The quantitative estimate of drug-likeness (QED) is 0.272. The van der Waals surface area contributed by atoms with E-state index >= 15 is 0 Å². The van der Waals surface area contributed by atoms with Gasteiger partial charge in [-0.3, -0.25) is 19.7 Å². The second-order valence-electron chi connectivity index (χ2n) is 6.68. The van der Waals surface area contributed by atoms with E-state index in [1.165, 1.54) is 31.4 Å². The molecule has 172 valence electrons. The topological polar surface area (TPSA) is 154 Å². The Morgan fingerprint density at radius 3 is 2.45 bits per heavy atom. The van der Waals surface area contributed by atoms with Gasteiger partial charge in [0, 0.05) is 12.1 Å². The minimum atomic E-state index is -3.99. The number of carbonyl (C=O) groups excluding carboxylic acids is 2. The Hall–Kier alpha value is -4.03. The van der Waals surface area contributed by atoms with Crippen LogP contribution in [0, 0.1) is 10.1 Å². The molecule has 3 rings (SSSR count). The fourth-order valence-electron chi connectivity index (χ4n) is 2.86. The monoisotopic (exact) mass is 473 g/mol. The molecule has 0 spiro atoms. The summed E-state index contributed by atoms with van der Waals surface area (Å²) in [5.41, 5.74) is -0.254. The summed E-state index contributed by atoms with van der Waals surface area (Å²) >= 11 is 0. The Bertz CT molecular complexity index is 1320. The number of methoxy groups -OCH3 is 1. The number of amides is 1. The zero-order chi connectivity index (χ0) is 24.0. The van der Waals surface area contributed by atoms with Crippen LogP contribution >= 0.6 is 0 Å². The van der Waals surface area contributed by atoms with Gasteiger partial charge in [-0.15, -0.1) is 0 Å². The van der Waals surface area contributed by atoms with Gasteiger partial charge >= 0.3 is 5.97 Å². The molecule has 11 nitrogen and oxygen atoms in total. The van der Waals surface area contributed by atoms with Crippen molar-refractivity contribution in [3.63, 3.8) is 0 Å². The number of nitro benzene ring substituents is 1. The van der Waals surface area contributed by atoms with Crippen molar-refractivity contribution in [2.75, 3.05) is 25.6 Å². The molecule has 0 bridgehead atoms. The minimum Gasteiger partial charge on any atom is -0.495 e. The maximum atomic E-state index is 12.4. The molecule has 1 amide bonds. The van der Waals surface area contributed by atoms with E-state index in [-0.39, 0.29) is 22.0 Å². The standard InChI is InChI=1S/C21H19N3O8S/c1-31-19-9-7-16(24(27)28)11-18(19)23-20(25)13-32-21(26)12-22-33(29,30)17-8-6-14-4-2-3-5-15(14)10-17/h2-11,22H,12-13H2,1H3,(H,23,25). The molecule has 12 heteroatoms. The average Bonchev–Trinajstić information content (AvgIpc) is 2.81. The van der Waals surface area contributed by atoms with Crippen LogP contribution in [0.15, 0.2) is 65.6 Å². The van der Waals surface area contributed by atoms with Crippen molar-refractivity contribution in [1.29, 1.82) is 0 Å². The summed E-state index contributed by atoms with van der Waals surface area (Å²) in [7, 11) is -2.67. The summed E-state index contributed by atoms with van der Waals surface area (Å²) < 4.78 is 36.8. The van der Waals surface area contributed by atoms with Crippen molar-refractivity contribution < 1.29 is 32.4 Å². The highest BCUT2D eigenvalue weighted by Gasteiger charge is 2.18. The van der Waals surface area contributed by atoms with Crippen LogP contribution in [0.3, 0.4) is 0 Å². The molecule has 0 saturated heterocycles. The summed E-state index contributed by atoms with van der Waals surface area (Å²) in [5, 5.41) is 14.8. The highest BCUT2D eigenvalue weighted by molar-refractivity contribution is 7.89. The highest BCUT2D eigenvalue weighted by Crippen LogP contribution is 2.28. The van der Waals surface area contributed by atoms with E-state index in [0.717, 1.165) is 16.8 Å². The van der Waals surface area contributed by atoms with Gasteiger partial charge in [-0.2, -0.15) is 4.72 Å². The van der Waals surface area contributed by atoms with Gasteiger partial charge < -0.3 is 14.8 Å². The summed E-state index contributed by atoms with van der Waals surface area (Å²) in [5.74, 6) is -1.61. The first kappa shape index (κ1) is 23.6. The number of hydrogen-bond acceptors (Lipinski definition) is 8. The lowest BCUT2D eigenvalue weighted by Crippen LogP contribution is -2.32. The van der Waals surface area contributed by atoms with Crippen LogP contribution in [0.2, 0.25) is 0 Å². The number of carbonyl (C=O) groups is 2. The first-order chi connectivity index (χ1) is 15.7. The molecule has 0 radical (unpaired) electrons. The predicted octanol–water partition coefficient (Wildman–Crippen LogP) is 2.22. The molecule has 3 aromatic rings. The van der Waals surface area contributed by atoms with E-state index < -0.39 is 40.0 Å². The van der Waals surface area contributed by atoms with Gasteiger partial charge in [0.05, 0.1) is 22.6 Å². The molecule has 0 aliphatic carbocycles. The number of anilines is 1. The predicted molar refractivity (Wildman–Crippen MR) is 118 cm³/mol. The summed E-state index contributed by atoms with van der Waals surface area (Å²) in [6, 6.07) is 15.3. The lowest BCUT2D eigenvalue weighted by Gasteiger charge is -2.11. The lowest BCUT2D eigenvalue weighted by molar-refractivity contribution is -0.384. The molecule has 2 N–H and O–H groups in total. The molecular formula is C21H19N3O8S. The second kappa shape index (κ2) is 10.1. The number of sulfonamides is 1. The van der Waals surface area contributed by atoms with E-state index in [1.807, 2.05) is 12.1 Å². The van der Waals surface area contributed by atoms with Gasteiger partial charge in [0.2, 0.25) is 10.0 Å². The van der Waals surface area contributed by atoms with Crippen LogP contribution in [0.5, 0.6) is 5.75 Å². The van der Waals surface area contributed by atoms with E-state index in [4.69, 9.17) is 9.47 Å². The van der Waals surface area contributed by atoms with Crippen LogP contribution < -0.4 is 14.8 Å². The van der Waals surface area contributed by atoms with Gasteiger partial charge in [0.25, 0.3) is 11.6 Å². The van der Waals surface area contributed by atoms with Crippen molar-refractivity contribution in [1.82, 2.24) is 4.72 Å². The number of esters is 1. The normalized spacial score (nSPS) is 11.1. The molecule has 0 saturated carbocycles. The lowest BCUT2D eigenvalue weighted by atomic mass is 10.1. The Morgan fingerprint density at radius 1 is 1.03 bits per heavy atom. The summed E-state index contributed by atoms with van der Waals surface area (Å²) in [4.78, 5) is 34.2. The highest BCUT2D eigenvalue weighted by atomic mass is 32.2. The van der Waals surface area contributed by atoms with Crippen LogP contribution in [0.4, 0.5) is 11.4 Å². The largest absolute Gasteiger partial charge is 0.495 e. The second-order valence-corrected chi connectivity index (χ2v) is 8.45. The number of ether oxygens (including phenoxy) is 2. The fraction of sp³-hybridized carbons (Fsp3) is 0.143. The van der Waals surface area contributed by atoms with Crippen molar-refractivity contribution >= 4 is 44.0 Å². The van der Waals surface area contributed by atoms with Crippen molar-refractivity contribution in [3.05, 3.63) is 70.8 Å². The number of nitro groups is 1. The number of fused-ring (bicyclic) bond motifs is 1. The van der Waals surface area contributed by atoms with Gasteiger partial charge in [-0.05, 0) is 29.0 Å². The third-order valence-corrected chi connectivity index (χ3v) is 5.87. The van der Waals surface area contributed by atoms with Crippen LogP contribution in [-0.4, -0.2) is 45.5 Å². The smallest absolute Gasteiger partial charge is 0.321 e. The molecule has 33 heavy (non-hydrogen) atoms. The molecule has 0 unspecified atom stereocenters. The van der Waals surface area contributed by atoms with Gasteiger partial charge in [-0.1, -0.05) is 30.3 Å². The number of hydrogen-bond donors (Lipinski definition) is 2. The molecular weight excluding hydrogens is 454 g/mol. The van der Waals surface area contributed by atoms with Gasteiger partial charge in [0.1, 0.15) is 12.3 Å². The molecule has 0 atom stereocenters. The maximum absolute atomic E-state index is 12.4.